The molecular weight excluding hydrogens is 254 g/mol. The summed E-state index contributed by atoms with van der Waals surface area (Å²) in [5.74, 6) is -0.338. The number of carbonyl (C=O) groups is 2. The first-order chi connectivity index (χ1) is 9.77. The van der Waals surface area contributed by atoms with E-state index >= 15 is 0 Å². The predicted molar refractivity (Wildman–Crippen MR) is 76.2 cm³/mol. The van der Waals surface area contributed by atoms with Crippen LogP contribution in [0.2, 0.25) is 0 Å². The van der Waals surface area contributed by atoms with Gasteiger partial charge in [0.05, 0.1) is 12.5 Å². The number of nitrogens with one attached hydrogen (secondary N) is 1. The van der Waals surface area contributed by atoms with Crippen LogP contribution < -0.4 is 5.32 Å². The molecule has 4 heteroatoms. The number of rotatable bonds is 5. The number of hydrogen-bond donors (Lipinski definition) is 1. The Hall–Kier alpha value is -2.10. The fraction of sp³-hybridized carbons (Fsp3) is 0.375. The Kier molecular flexibility index (Phi) is 5.35. The molecule has 1 unspecified atom stereocenters. The molecule has 0 saturated heterocycles. The van der Waals surface area contributed by atoms with Gasteiger partial charge in [0.25, 0.3) is 5.91 Å². The number of hydrogen-bond acceptors (Lipinski definition) is 3. The minimum Gasteiger partial charge on any atom is -0.464 e. The van der Waals surface area contributed by atoms with E-state index in [1.165, 1.54) is 0 Å². The van der Waals surface area contributed by atoms with Crippen molar-refractivity contribution in [3.63, 3.8) is 0 Å². The van der Waals surface area contributed by atoms with Crippen LogP contribution in [0.4, 0.5) is 0 Å². The van der Waals surface area contributed by atoms with Crippen molar-refractivity contribution in [2.75, 3.05) is 13.2 Å². The molecule has 1 aliphatic carbocycles. The number of carbonyl (C=O) groups excluding carboxylic acids is 2. The first-order valence-corrected chi connectivity index (χ1v) is 6.92. The highest BCUT2D eigenvalue weighted by Crippen LogP contribution is 2.19. The second-order valence-corrected chi connectivity index (χ2v) is 4.77. The predicted octanol–water partition coefficient (Wildman–Crippen LogP) is 2.32. The smallest absolute Gasteiger partial charge is 0.309 e. The van der Waals surface area contributed by atoms with Gasteiger partial charge in [-0.05, 0) is 31.4 Å². The summed E-state index contributed by atoms with van der Waals surface area (Å²) in [5, 5.41) is 2.73. The number of benzene rings is 1. The third-order valence-corrected chi connectivity index (χ3v) is 3.27. The number of esters is 1. The summed E-state index contributed by atoms with van der Waals surface area (Å²) in [6, 6.07) is 8.97. The molecule has 0 aliphatic heterocycles. The quantitative estimate of drug-likeness (QED) is 0.509. The standard InChI is InChI=1S/C16H19NO3/c18-15(13-7-3-1-4-8-13)17-11-12-20-16(19)14-9-5-2-6-10-14/h1-5,7-8,14H,6,9-12H2,(H,17,18). The van der Waals surface area contributed by atoms with Crippen molar-refractivity contribution in [2.24, 2.45) is 5.92 Å². The van der Waals surface area contributed by atoms with Gasteiger partial charge < -0.3 is 10.1 Å². The van der Waals surface area contributed by atoms with Crippen LogP contribution >= 0.6 is 0 Å². The van der Waals surface area contributed by atoms with E-state index in [9.17, 15) is 9.59 Å². The first kappa shape index (κ1) is 14.3. The van der Waals surface area contributed by atoms with E-state index in [1.807, 2.05) is 24.3 Å². The zero-order valence-electron chi connectivity index (χ0n) is 11.4. The SMILES string of the molecule is O=C(NCCOC(=O)C1CC=CCC1)c1ccccc1. The van der Waals surface area contributed by atoms with Crippen molar-refractivity contribution in [1.82, 2.24) is 5.32 Å². The van der Waals surface area contributed by atoms with Crippen LogP contribution in [-0.4, -0.2) is 25.0 Å². The molecule has 1 aliphatic rings. The normalized spacial score (nSPS) is 17.5. The fourth-order valence-corrected chi connectivity index (χ4v) is 2.13. The van der Waals surface area contributed by atoms with E-state index in [1.54, 1.807) is 12.1 Å². The lowest BCUT2D eigenvalue weighted by Gasteiger charge is -2.16. The van der Waals surface area contributed by atoms with Crippen molar-refractivity contribution in [3.8, 4) is 0 Å². The van der Waals surface area contributed by atoms with Crippen LogP contribution in [0.3, 0.4) is 0 Å². The molecule has 4 nitrogen and oxygen atoms in total. The maximum atomic E-state index is 11.7. The second-order valence-electron chi connectivity index (χ2n) is 4.77. The molecule has 0 heterocycles. The van der Waals surface area contributed by atoms with Crippen LogP contribution in [0.25, 0.3) is 0 Å². The molecule has 1 aromatic rings. The van der Waals surface area contributed by atoms with E-state index in [4.69, 9.17) is 4.74 Å². The third kappa shape index (κ3) is 4.23. The van der Waals surface area contributed by atoms with Gasteiger partial charge in [0, 0.05) is 5.56 Å². The third-order valence-electron chi connectivity index (χ3n) is 3.27. The average Bonchev–Trinajstić information content (AvgIpc) is 2.53. The molecule has 0 saturated carbocycles. The maximum absolute atomic E-state index is 11.7. The van der Waals surface area contributed by atoms with Gasteiger partial charge in [-0.2, -0.15) is 0 Å². The van der Waals surface area contributed by atoms with Gasteiger partial charge in [0.15, 0.2) is 0 Å². The molecule has 20 heavy (non-hydrogen) atoms. The first-order valence-electron chi connectivity index (χ1n) is 6.92. The van der Waals surface area contributed by atoms with Crippen LogP contribution in [0, 0.1) is 5.92 Å². The lowest BCUT2D eigenvalue weighted by molar-refractivity contribution is -0.148. The molecule has 0 aromatic heterocycles. The van der Waals surface area contributed by atoms with Gasteiger partial charge in [-0.1, -0.05) is 30.4 Å². The monoisotopic (exact) mass is 273 g/mol. The average molecular weight is 273 g/mol. The summed E-state index contributed by atoms with van der Waals surface area (Å²) < 4.78 is 5.18. The highest BCUT2D eigenvalue weighted by Gasteiger charge is 2.19. The summed E-state index contributed by atoms with van der Waals surface area (Å²) >= 11 is 0. The summed E-state index contributed by atoms with van der Waals surface area (Å²) in [4.78, 5) is 23.5. The van der Waals surface area contributed by atoms with Gasteiger partial charge in [-0.3, -0.25) is 9.59 Å². The summed E-state index contributed by atoms with van der Waals surface area (Å²) in [7, 11) is 0. The zero-order valence-corrected chi connectivity index (χ0v) is 11.4. The minimum atomic E-state index is -0.164. The van der Waals surface area contributed by atoms with E-state index in [0.29, 0.717) is 12.1 Å². The van der Waals surface area contributed by atoms with Crippen molar-refractivity contribution in [2.45, 2.75) is 19.3 Å². The van der Waals surface area contributed by atoms with Gasteiger partial charge >= 0.3 is 5.97 Å². The molecule has 0 spiro atoms. The summed E-state index contributed by atoms with van der Waals surface area (Å²) in [5.41, 5.74) is 0.608. The largest absolute Gasteiger partial charge is 0.464 e. The van der Waals surface area contributed by atoms with Crippen molar-refractivity contribution in [3.05, 3.63) is 48.0 Å². The Morgan fingerprint density at radius 3 is 2.70 bits per heavy atom. The van der Waals surface area contributed by atoms with Gasteiger partial charge in [-0.25, -0.2) is 0 Å². The van der Waals surface area contributed by atoms with E-state index in [-0.39, 0.29) is 24.4 Å². The van der Waals surface area contributed by atoms with Crippen LogP contribution in [-0.2, 0) is 9.53 Å². The van der Waals surface area contributed by atoms with E-state index in [0.717, 1.165) is 19.3 Å². The molecule has 1 aromatic carbocycles. The van der Waals surface area contributed by atoms with Crippen molar-refractivity contribution >= 4 is 11.9 Å². The Bertz CT molecular complexity index is 482. The number of allylic oxidation sites excluding steroid dienone is 2. The molecule has 1 N–H and O–H groups in total. The Balaban J connectivity index is 1.65. The molecule has 106 valence electrons. The van der Waals surface area contributed by atoms with Crippen molar-refractivity contribution in [1.29, 1.82) is 0 Å². The van der Waals surface area contributed by atoms with Gasteiger partial charge in [0.1, 0.15) is 6.61 Å². The van der Waals surface area contributed by atoms with Crippen LogP contribution in [0.15, 0.2) is 42.5 Å². The second kappa shape index (κ2) is 7.48. The molecular formula is C16H19NO3. The van der Waals surface area contributed by atoms with Crippen LogP contribution in [0.5, 0.6) is 0 Å². The van der Waals surface area contributed by atoms with Gasteiger partial charge in [-0.15, -0.1) is 0 Å². The molecule has 1 amide bonds. The van der Waals surface area contributed by atoms with E-state index < -0.39 is 0 Å². The lowest BCUT2D eigenvalue weighted by atomic mass is 9.95. The van der Waals surface area contributed by atoms with Crippen LogP contribution in [0.1, 0.15) is 29.6 Å². The van der Waals surface area contributed by atoms with E-state index in [2.05, 4.69) is 11.4 Å². The molecule has 2 rings (SSSR count). The fourth-order valence-electron chi connectivity index (χ4n) is 2.13. The topological polar surface area (TPSA) is 55.4 Å². The lowest BCUT2D eigenvalue weighted by Crippen LogP contribution is -2.29. The molecule has 0 radical (unpaired) electrons. The minimum absolute atomic E-state index is 0.0233. The molecule has 0 bridgehead atoms. The van der Waals surface area contributed by atoms with Gasteiger partial charge in [0.2, 0.25) is 0 Å². The molecule has 1 atom stereocenters. The Labute approximate surface area is 118 Å². The van der Waals surface area contributed by atoms with Crippen molar-refractivity contribution < 1.29 is 14.3 Å². The number of ether oxygens (including phenoxy) is 1. The Morgan fingerprint density at radius 2 is 2.00 bits per heavy atom. The highest BCUT2D eigenvalue weighted by molar-refractivity contribution is 5.94. The number of amides is 1. The Morgan fingerprint density at radius 1 is 1.20 bits per heavy atom. The molecule has 0 fully saturated rings. The zero-order chi connectivity index (χ0) is 14.2. The highest BCUT2D eigenvalue weighted by atomic mass is 16.5. The maximum Gasteiger partial charge on any atom is 0.309 e. The summed E-state index contributed by atoms with van der Waals surface area (Å²) in [6.07, 6.45) is 6.65. The summed E-state index contributed by atoms with van der Waals surface area (Å²) in [6.45, 7) is 0.555.